The minimum atomic E-state index is -0.600. The third kappa shape index (κ3) is 3.31. The van der Waals surface area contributed by atoms with Gasteiger partial charge in [-0.1, -0.05) is 53.9 Å². The standard InChI is InChI=1S/C20H19NO4/c1-3-14(15-10-8-13(2)9-11-15)12-18(22)25-21-19(23)16-6-4-5-7-17(16)20(21)24/h4-11,14H,3,12H2,1-2H3. The molecule has 0 saturated heterocycles. The van der Waals surface area contributed by atoms with Crippen LogP contribution in [-0.4, -0.2) is 22.8 Å². The lowest BCUT2D eigenvalue weighted by molar-refractivity contribution is -0.169. The molecule has 0 fully saturated rings. The lowest BCUT2D eigenvalue weighted by Gasteiger charge is -2.17. The molecule has 1 heterocycles. The first-order valence-corrected chi connectivity index (χ1v) is 8.26. The summed E-state index contributed by atoms with van der Waals surface area (Å²) in [6.07, 6.45) is 0.854. The second kappa shape index (κ2) is 6.89. The van der Waals surface area contributed by atoms with Crippen LogP contribution in [-0.2, 0) is 9.63 Å². The Hall–Kier alpha value is -2.95. The maximum atomic E-state index is 12.3. The zero-order chi connectivity index (χ0) is 18.0. The van der Waals surface area contributed by atoms with Gasteiger partial charge in [0, 0.05) is 0 Å². The molecule has 1 aliphatic rings. The van der Waals surface area contributed by atoms with Gasteiger partial charge >= 0.3 is 5.97 Å². The Morgan fingerprint density at radius 1 is 1.00 bits per heavy atom. The number of fused-ring (bicyclic) bond motifs is 1. The van der Waals surface area contributed by atoms with Crippen LogP contribution in [0.3, 0.4) is 0 Å². The van der Waals surface area contributed by atoms with E-state index in [1.807, 2.05) is 38.1 Å². The molecule has 2 aromatic rings. The second-order valence-corrected chi connectivity index (χ2v) is 6.13. The van der Waals surface area contributed by atoms with Gasteiger partial charge in [0.05, 0.1) is 17.5 Å². The number of carbonyl (C=O) groups excluding carboxylic acids is 3. The van der Waals surface area contributed by atoms with Crippen LogP contribution in [0.4, 0.5) is 0 Å². The van der Waals surface area contributed by atoms with Gasteiger partial charge in [-0.2, -0.15) is 0 Å². The van der Waals surface area contributed by atoms with E-state index in [0.29, 0.717) is 5.06 Å². The van der Waals surface area contributed by atoms with Gasteiger partial charge in [0.2, 0.25) is 0 Å². The Labute approximate surface area is 146 Å². The number of nitrogens with zero attached hydrogens (tertiary/aromatic N) is 1. The van der Waals surface area contributed by atoms with E-state index in [1.165, 1.54) is 0 Å². The summed E-state index contributed by atoms with van der Waals surface area (Å²) in [5.74, 6) is -1.82. The van der Waals surface area contributed by atoms with Crippen LogP contribution in [0.5, 0.6) is 0 Å². The number of carbonyl (C=O) groups is 3. The van der Waals surface area contributed by atoms with Gasteiger partial charge in [-0.05, 0) is 37.0 Å². The van der Waals surface area contributed by atoms with Crippen LogP contribution in [0.25, 0.3) is 0 Å². The number of hydrogen-bond donors (Lipinski definition) is 0. The molecule has 0 aliphatic carbocycles. The topological polar surface area (TPSA) is 63.7 Å². The second-order valence-electron chi connectivity index (χ2n) is 6.13. The Balaban J connectivity index is 1.69. The smallest absolute Gasteiger partial charge is 0.330 e. The molecule has 128 valence electrons. The van der Waals surface area contributed by atoms with Gasteiger partial charge < -0.3 is 4.84 Å². The van der Waals surface area contributed by atoms with Crippen LogP contribution < -0.4 is 0 Å². The number of hydrogen-bond acceptors (Lipinski definition) is 4. The van der Waals surface area contributed by atoms with E-state index in [0.717, 1.165) is 17.5 Å². The lowest BCUT2D eigenvalue weighted by Crippen LogP contribution is -2.33. The van der Waals surface area contributed by atoms with Crippen molar-refractivity contribution in [1.82, 2.24) is 5.06 Å². The molecular formula is C20H19NO4. The molecule has 0 bridgehead atoms. The number of aryl methyl sites for hydroxylation is 1. The first-order valence-electron chi connectivity index (χ1n) is 8.26. The molecule has 5 nitrogen and oxygen atoms in total. The molecule has 0 aromatic heterocycles. The minimum absolute atomic E-state index is 0.0247. The Kier molecular flexibility index (Phi) is 4.65. The molecule has 1 atom stereocenters. The van der Waals surface area contributed by atoms with Gasteiger partial charge in [0.15, 0.2) is 0 Å². The summed E-state index contributed by atoms with van der Waals surface area (Å²) in [5.41, 5.74) is 2.69. The summed E-state index contributed by atoms with van der Waals surface area (Å²) in [5, 5.41) is 0.564. The van der Waals surface area contributed by atoms with Crippen molar-refractivity contribution in [3.05, 3.63) is 70.8 Å². The van der Waals surface area contributed by atoms with Crippen LogP contribution >= 0.6 is 0 Å². The average molecular weight is 337 g/mol. The van der Waals surface area contributed by atoms with Gasteiger partial charge in [0.25, 0.3) is 11.8 Å². The first-order chi connectivity index (χ1) is 12.0. The lowest BCUT2D eigenvalue weighted by atomic mass is 9.93. The van der Waals surface area contributed by atoms with Gasteiger partial charge in [-0.3, -0.25) is 9.59 Å². The SMILES string of the molecule is CCC(CC(=O)ON1C(=O)c2ccccc2C1=O)c1ccc(C)cc1. The van der Waals surface area contributed by atoms with Gasteiger partial charge in [0.1, 0.15) is 0 Å². The molecule has 3 rings (SSSR count). The summed E-state index contributed by atoms with van der Waals surface area (Å²) in [6, 6.07) is 14.4. The molecule has 0 saturated carbocycles. The van der Waals surface area contributed by atoms with Gasteiger partial charge in [-0.25, -0.2) is 4.79 Å². The van der Waals surface area contributed by atoms with Crippen molar-refractivity contribution in [3.63, 3.8) is 0 Å². The van der Waals surface area contributed by atoms with Crippen LogP contribution in [0.1, 0.15) is 57.5 Å². The van der Waals surface area contributed by atoms with E-state index in [-0.39, 0.29) is 23.5 Å². The van der Waals surface area contributed by atoms with Crippen molar-refractivity contribution in [1.29, 1.82) is 0 Å². The monoisotopic (exact) mass is 337 g/mol. The summed E-state index contributed by atoms with van der Waals surface area (Å²) in [7, 11) is 0. The average Bonchev–Trinajstić information content (AvgIpc) is 2.86. The van der Waals surface area contributed by atoms with Crippen molar-refractivity contribution < 1.29 is 19.2 Å². The van der Waals surface area contributed by atoms with E-state index >= 15 is 0 Å². The molecule has 0 radical (unpaired) electrons. The predicted octanol–water partition coefficient (Wildman–Crippen LogP) is 3.63. The van der Waals surface area contributed by atoms with E-state index in [2.05, 4.69) is 0 Å². The predicted molar refractivity (Wildman–Crippen MR) is 91.9 cm³/mol. The van der Waals surface area contributed by atoms with Gasteiger partial charge in [-0.15, -0.1) is 0 Å². The fraction of sp³-hybridized carbons (Fsp3) is 0.250. The summed E-state index contributed by atoms with van der Waals surface area (Å²) in [6.45, 7) is 3.99. The zero-order valence-electron chi connectivity index (χ0n) is 14.2. The Morgan fingerprint density at radius 2 is 1.56 bits per heavy atom. The molecule has 1 aliphatic heterocycles. The quantitative estimate of drug-likeness (QED) is 0.782. The Bertz CT molecular complexity index is 791. The fourth-order valence-electron chi connectivity index (χ4n) is 2.93. The maximum absolute atomic E-state index is 12.3. The van der Waals surface area contributed by atoms with Crippen LogP contribution in [0, 0.1) is 6.92 Å². The van der Waals surface area contributed by atoms with Crippen LogP contribution in [0.2, 0.25) is 0 Å². The number of hydroxylamine groups is 2. The first kappa shape index (κ1) is 16.9. The fourth-order valence-corrected chi connectivity index (χ4v) is 2.93. The molecule has 0 spiro atoms. The summed E-state index contributed by atoms with van der Waals surface area (Å²) >= 11 is 0. The van der Waals surface area contributed by atoms with Crippen molar-refractivity contribution in [2.24, 2.45) is 0 Å². The van der Waals surface area contributed by atoms with Crippen molar-refractivity contribution in [3.8, 4) is 0 Å². The molecule has 2 aromatic carbocycles. The largest absolute Gasteiger partial charge is 0.333 e. The highest BCUT2D eigenvalue weighted by Gasteiger charge is 2.38. The van der Waals surface area contributed by atoms with Crippen molar-refractivity contribution >= 4 is 17.8 Å². The van der Waals surface area contributed by atoms with Crippen molar-refractivity contribution in [2.45, 2.75) is 32.6 Å². The van der Waals surface area contributed by atoms with E-state index < -0.39 is 17.8 Å². The molecule has 25 heavy (non-hydrogen) atoms. The summed E-state index contributed by atoms with van der Waals surface area (Å²) < 4.78 is 0. The highest BCUT2D eigenvalue weighted by atomic mass is 16.7. The highest BCUT2D eigenvalue weighted by molar-refractivity contribution is 6.20. The molecule has 1 unspecified atom stereocenters. The van der Waals surface area contributed by atoms with Crippen LogP contribution in [0.15, 0.2) is 48.5 Å². The van der Waals surface area contributed by atoms with E-state index in [1.54, 1.807) is 24.3 Å². The number of benzene rings is 2. The minimum Gasteiger partial charge on any atom is -0.330 e. The number of imide groups is 1. The number of rotatable bonds is 5. The molecule has 0 N–H and O–H groups in total. The zero-order valence-corrected chi connectivity index (χ0v) is 14.2. The summed E-state index contributed by atoms with van der Waals surface area (Å²) in [4.78, 5) is 41.8. The van der Waals surface area contributed by atoms with E-state index in [9.17, 15) is 14.4 Å². The normalized spacial score (nSPS) is 14.4. The highest BCUT2D eigenvalue weighted by Crippen LogP contribution is 2.26. The van der Waals surface area contributed by atoms with Crippen molar-refractivity contribution in [2.75, 3.05) is 0 Å². The third-order valence-corrected chi connectivity index (χ3v) is 4.40. The molecule has 2 amide bonds. The molecular weight excluding hydrogens is 318 g/mol. The number of amides is 2. The molecule has 5 heteroatoms. The van der Waals surface area contributed by atoms with E-state index in [4.69, 9.17) is 4.84 Å². The maximum Gasteiger partial charge on any atom is 0.333 e. The Morgan fingerprint density at radius 3 is 2.08 bits per heavy atom. The third-order valence-electron chi connectivity index (χ3n) is 4.40.